The average Bonchev–Trinajstić information content (AvgIpc) is 3.99. The predicted octanol–water partition coefficient (Wildman–Crippen LogP) is 8.43. The Morgan fingerprint density at radius 2 is 0.933 bits per heavy atom. The lowest BCUT2D eigenvalue weighted by Gasteiger charge is -2.18. The van der Waals surface area contributed by atoms with E-state index in [0.717, 1.165) is 13.2 Å². The summed E-state index contributed by atoms with van der Waals surface area (Å²) >= 11 is 0. The molecule has 7 aromatic carbocycles. The molecule has 2 N–H and O–H groups in total. The second-order valence-electron chi connectivity index (χ2n) is 11.6. The largest absolute Gasteiger partial charge is 0.508 e. The minimum absolute atomic E-state index is 0.0708. The van der Waals surface area contributed by atoms with Crippen LogP contribution < -0.4 is 0 Å². The molecule has 2 saturated heterocycles. The van der Waals surface area contributed by atoms with Gasteiger partial charge in [0.15, 0.2) is 11.6 Å². The summed E-state index contributed by atoms with van der Waals surface area (Å²) in [4.78, 5) is 23.7. The monoisotopic (exact) mass is 592 g/mol. The van der Waals surface area contributed by atoms with Gasteiger partial charge in [0.2, 0.25) is 0 Å². The van der Waals surface area contributed by atoms with Crippen molar-refractivity contribution in [2.45, 2.75) is 18.6 Å². The van der Waals surface area contributed by atoms with Crippen LogP contribution in [0.2, 0.25) is 0 Å². The first kappa shape index (κ1) is 27.3. The lowest BCUT2D eigenvalue weighted by molar-refractivity contribution is 0.0894. The molecular weight excluding hydrogens is 564 g/mol. The molecule has 0 aromatic heterocycles. The first-order valence-electron chi connectivity index (χ1n) is 15.0. The first-order valence-corrected chi connectivity index (χ1v) is 15.0. The van der Waals surface area contributed by atoms with Gasteiger partial charge in [-0.05, 0) is 103 Å². The van der Waals surface area contributed by atoms with Gasteiger partial charge in [-0.3, -0.25) is 9.59 Å². The van der Waals surface area contributed by atoms with Gasteiger partial charge in [-0.1, -0.05) is 60.7 Å². The average molecular weight is 593 g/mol. The molecule has 0 amide bonds. The number of ether oxygens (including phenoxy) is 2. The maximum Gasteiger partial charge on any atom is 0.170 e. The molecule has 0 spiro atoms. The Bertz CT molecular complexity index is 2080. The molecule has 2 aliphatic rings. The molecule has 2 aliphatic heterocycles. The summed E-state index contributed by atoms with van der Waals surface area (Å²) in [6.45, 7) is 1.67. The van der Waals surface area contributed by atoms with Crippen molar-refractivity contribution < 1.29 is 29.3 Å². The predicted molar refractivity (Wildman–Crippen MR) is 175 cm³/mol. The van der Waals surface area contributed by atoms with Gasteiger partial charge in [0.05, 0.1) is 19.6 Å². The van der Waals surface area contributed by atoms with Crippen molar-refractivity contribution in [2.75, 3.05) is 13.2 Å². The molecule has 0 bridgehead atoms. The summed E-state index contributed by atoms with van der Waals surface area (Å²) < 4.78 is 11.4. The number of rotatable bonds is 6. The third kappa shape index (κ3) is 4.94. The third-order valence-electron chi connectivity index (χ3n) is 8.75. The van der Waals surface area contributed by atoms with E-state index in [4.69, 9.17) is 19.7 Å². The van der Waals surface area contributed by atoms with Crippen LogP contribution in [0.4, 0.5) is 0 Å². The summed E-state index contributed by atoms with van der Waals surface area (Å²) in [5.74, 6) is -0.473. The molecule has 6 nitrogen and oxygen atoms in total. The number of benzene rings is 7. The van der Waals surface area contributed by atoms with Crippen LogP contribution in [0.5, 0.6) is 11.5 Å². The highest BCUT2D eigenvalue weighted by Gasteiger charge is 2.31. The van der Waals surface area contributed by atoms with Crippen LogP contribution in [-0.2, 0) is 9.47 Å². The maximum absolute atomic E-state index is 11.9. The fourth-order valence-corrected chi connectivity index (χ4v) is 6.42. The van der Waals surface area contributed by atoms with Crippen molar-refractivity contribution in [3.8, 4) is 11.5 Å². The molecule has 2 unspecified atom stereocenters. The van der Waals surface area contributed by atoms with Crippen LogP contribution >= 0.6 is 0 Å². The number of Topliss-reactive ketones (excluding diaryl/α,β-unsaturated/α-hetero) is 2. The molecule has 6 heteroatoms. The summed E-state index contributed by atoms with van der Waals surface area (Å²) in [7, 11) is 0. The van der Waals surface area contributed by atoms with Crippen LogP contribution in [0, 0.1) is 0 Å². The minimum atomic E-state index is -0.307. The van der Waals surface area contributed by atoms with E-state index in [9.17, 15) is 9.59 Å². The van der Waals surface area contributed by atoms with Gasteiger partial charge in [-0.15, -0.1) is 0 Å². The van der Waals surface area contributed by atoms with E-state index < -0.39 is 0 Å². The Kier molecular flexibility index (Phi) is 6.48. The molecule has 0 aliphatic carbocycles. The van der Waals surface area contributed by atoms with Gasteiger partial charge in [0.1, 0.15) is 23.7 Å². The van der Waals surface area contributed by atoms with Crippen LogP contribution in [0.15, 0.2) is 109 Å². The van der Waals surface area contributed by atoms with Crippen LogP contribution in [-0.4, -0.2) is 35.0 Å². The SMILES string of the molecule is O=C(CC(=O)c1ccc(O)cc1)c1ccc(O)cc1.c1cc2ccc(C3CO3)c3c4cccc5ccc(C6CO6)c(c(c1)c23)c54. The number of aromatic hydroxyl groups is 2. The Balaban J connectivity index is 0.000000142. The number of phenolic OH excluding ortho intramolecular Hbond substituents is 2. The van der Waals surface area contributed by atoms with Crippen molar-refractivity contribution in [2.24, 2.45) is 0 Å². The molecule has 2 atom stereocenters. The quantitative estimate of drug-likeness (QED) is 0.0661. The molecule has 220 valence electrons. The van der Waals surface area contributed by atoms with Crippen molar-refractivity contribution in [1.82, 2.24) is 0 Å². The van der Waals surface area contributed by atoms with E-state index >= 15 is 0 Å². The highest BCUT2D eigenvalue weighted by molar-refractivity contribution is 6.34. The number of fused-ring (bicyclic) bond motifs is 2. The number of hydrogen-bond donors (Lipinski definition) is 2. The topological polar surface area (TPSA) is 99.7 Å². The molecule has 9 rings (SSSR count). The van der Waals surface area contributed by atoms with Gasteiger partial charge in [0, 0.05) is 11.1 Å². The Morgan fingerprint density at radius 3 is 1.31 bits per heavy atom. The maximum atomic E-state index is 11.9. The molecular formula is C39H28O6. The summed E-state index contributed by atoms with van der Waals surface area (Å²) in [6, 6.07) is 33.9. The number of carbonyl (C=O) groups is 2. The molecule has 2 fully saturated rings. The number of hydrogen-bond acceptors (Lipinski definition) is 6. The highest BCUT2D eigenvalue weighted by Crippen LogP contribution is 2.48. The fourth-order valence-electron chi connectivity index (χ4n) is 6.42. The van der Waals surface area contributed by atoms with Gasteiger partial charge < -0.3 is 19.7 Å². The van der Waals surface area contributed by atoms with Crippen molar-refractivity contribution in [3.05, 3.63) is 131 Å². The van der Waals surface area contributed by atoms with E-state index in [0.29, 0.717) is 11.1 Å². The lowest BCUT2D eigenvalue weighted by Crippen LogP contribution is -2.08. The fraction of sp³-hybridized carbons (Fsp3) is 0.128. The van der Waals surface area contributed by atoms with Crippen molar-refractivity contribution in [1.29, 1.82) is 0 Å². The van der Waals surface area contributed by atoms with Crippen molar-refractivity contribution >= 4 is 54.7 Å². The normalized spacial score (nSPS) is 17.0. The second-order valence-corrected chi connectivity index (χ2v) is 11.6. The van der Waals surface area contributed by atoms with Gasteiger partial charge in [-0.25, -0.2) is 0 Å². The Morgan fingerprint density at radius 1 is 0.533 bits per heavy atom. The van der Waals surface area contributed by atoms with E-state index in [1.807, 2.05) is 0 Å². The van der Waals surface area contributed by atoms with Crippen LogP contribution in [0.1, 0.15) is 50.5 Å². The summed E-state index contributed by atoms with van der Waals surface area (Å²) in [5.41, 5.74) is 3.42. The summed E-state index contributed by atoms with van der Waals surface area (Å²) in [6.07, 6.45) is 0.249. The van der Waals surface area contributed by atoms with E-state index in [1.54, 1.807) is 0 Å². The van der Waals surface area contributed by atoms with E-state index in [-0.39, 0.29) is 41.7 Å². The number of carbonyl (C=O) groups excluding carboxylic acids is 2. The second kappa shape index (κ2) is 10.7. The Labute approximate surface area is 258 Å². The highest BCUT2D eigenvalue weighted by atomic mass is 16.6. The van der Waals surface area contributed by atoms with E-state index in [2.05, 4.69) is 60.7 Å². The van der Waals surface area contributed by atoms with Crippen molar-refractivity contribution in [3.63, 3.8) is 0 Å². The zero-order valence-electron chi connectivity index (χ0n) is 24.2. The minimum Gasteiger partial charge on any atom is -0.508 e. The number of epoxide rings is 2. The molecule has 7 aromatic rings. The smallest absolute Gasteiger partial charge is 0.170 e. The molecule has 0 radical (unpaired) electrons. The zero-order chi connectivity index (χ0) is 30.7. The Hall–Kier alpha value is -5.30. The van der Waals surface area contributed by atoms with Crippen LogP contribution in [0.25, 0.3) is 43.1 Å². The van der Waals surface area contributed by atoms with Gasteiger partial charge in [0.25, 0.3) is 0 Å². The van der Waals surface area contributed by atoms with Crippen LogP contribution in [0.3, 0.4) is 0 Å². The standard InChI is InChI=1S/C24H16O2.C15H12O4/c1-3-13-7-9-16(20-12-26-20)24-18-6-2-4-14-8-10-15(19-11-25-19)23(22(14)18)17(5-1)21(13)24;16-12-5-1-10(2-6-12)14(18)9-15(19)11-3-7-13(17)8-4-11/h1-10,19-20H,11-12H2;1-8,16-17H,9H2. The molecule has 0 saturated carbocycles. The summed E-state index contributed by atoms with van der Waals surface area (Å²) in [5, 5.41) is 29.0. The molecule has 45 heavy (non-hydrogen) atoms. The number of phenols is 2. The van der Waals surface area contributed by atoms with E-state index in [1.165, 1.54) is 103 Å². The lowest BCUT2D eigenvalue weighted by atomic mass is 9.85. The molecule has 2 heterocycles. The first-order chi connectivity index (χ1) is 22.0. The van der Waals surface area contributed by atoms with Gasteiger partial charge >= 0.3 is 0 Å². The zero-order valence-corrected chi connectivity index (χ0v) is 24.2. The number of ketones is 2. The van der Waals surface area contributed by atoms with Gasteiger partial charge in [-0.2, -0.15) is 0 Å². The third-order valence-corrected chi connectivity index (χ3v) is 8.75.